The molecule has 2 aromatic rings. The van der Waals surface area contributed by atoms with Crippen molar-refractivity contribution >= 4 is 17.3 Å². The van der Waals surface area contributed by atoms with E-state index in [4.69, 9.17) is 0 Å². The van der Waals surface area contributed by atoms with Gasteiger partial charge in [0.15, 0.2) is 0 Å². The number of carbonyl (C=O) groups is 1. The lowest BCUT2D eigenvalue weighted by Crippen LogP contribution is -2.17. The normalized spacial score (nSPS) is 16.4. The van der Waals surface area contributed by atoms with E-state index in [9.17, 15) is 4.79 Å². The monoisotopic (exact) mass is 266 g/mol. The molecule has 1 aliphatic rings. The third-order valence-corrected chi connectivity index (χ3v) is 3.79. The highest BCUT2D eigenvalue weighted by Crippen LogP contribution is 2.33. The van der Waals surface area contributed by atoms with Gasteiger partial charge in [-0.25, -0.2) is 0 Å². The number of hydrogen-bond acceptors (Lipinski definition) is 2. The molecule has 1 unspecified atom stereocenters. The first kappa shape index (κ1) is 12.7. The summed E-state index contributed by atoms with van der Waals surface area (Å²) in [5.41, 5.74) is 4.39. The predicted octanol–water partition coefficient (Wildman–Crippen LogP) is 3.53. The van der Waals surface area contributed by atoms with Crippen LogP contribution >= 0.6 is 0 Å². The maximum atomic E-state index is 12.2. The zero-order valence-corrected chi connectivity index (χ0v) is 11.5. The van der Waals surface area contributed by atoms with E-state index in [0.717, 1.165) is 23.5 Å². The molecule has 1 aliphatic heterocycles. The number of nitrogens with one attached hydrogen (secondary N) is 2. The molecule has 3 nitrogen and oxygen atoms in total. The van der Waals surface area contributed by atoms with Crippen molar-refractivity contribution in [1.82, 2.24) is 0 Å². The summed E-state index contributed by atoms with van der Waals surface area (Å²) in [6.45, 7) is 2.84. The molecule has 0 saturated heterocycles. The summed E-state index contributed by atoms with van der Waals surface area (Å²) >= 11 is 0. The molecule has 2 aromatic carbocycles. The highest BCUT2D eigenvalue weighted by Gasteiger charge is 2.23. The third kappa shape index (κ3) is 2.52. The number of anilines is 2. The molecule has 1 amide bonds. The van der Waals surface area contributed by atoms with Crippen LogP contribution in [0.1, 0.15) is 23.5 Å². The van der Waals surface area contributed by atoms with Crippen molar-refractivity contribution in [2.24, 2.45) is 0 Å². The topological polar surface area (TPSA) is 41.1 Å². The Morgan fingerprint density at radius 2 is 1.95 bits per heavy atom. The molecule has 1 heterocycles. The fourth-order valence-corrected chi connectivity index (χ4v) is 2.68. The molecule has 3 rings (SSSR count). The summed E-state index contributed by atoms with van der Waals surface area (Å²) in [7, 11) is 0. The molecular formula is C17H18N2O. The first-order valence-electron chi connectivity index (χ1n) is 6.92. The summed E-state index contributed by atoms with van der Waals surface area (Å²) < 4.78 is 0. The van der Waals surface area contributed by atoms with Crippen LogP contribution in [0.4, 0.5) is 11.4 Å². The van der Waals surface area contributed by atoms with E-state index < -0.39 is 0 Å². The van der Waals surface area contributed by atoms with Crippen molar-refractivity contribution in [2.75, 3.05) is 17.2 Å². The average molecular weight is 266 g/mol. The summed E-state index contributed by atoms with van der Waals surface area (Å²) in [6.07, 6.45) is 0.512. The summed E-state index contributed by atoms with van der Waals surface area (Å²) in [6, 6.07) is 16.1. The number of rotatable bonds is 3. The minimum atomic E-state index is 0.0720. The minimum Gasteiger partial charge on any atom is -0.384 e. The van der Waals surface area contributed by atoms with Crippen LogP contribution in [0, 0.1) is 6.92 Å². The molecule has 0 aromatic heterocycles. The van der Waals surface area contributed by atoms with Crippen molar-refractivity contribution < 1.29 is 4.79 Å². The zero-order chi connectivity index (χ0) is 13.9. The zero-order valence-electron chi connectivity index (χ0n) is 11.5. The number of fused-ring (bicyclic) bond motifs is 1. The second kappa shape index (κ2) is 5.37. The first-order chi connectivity index (χ1) is 9.74. The van der Waals surface area contributed by atoms with Crippen LogP contribution in [0.5, 0.6) is 0 Å². The maximum Gasteiger partial charge on any atom is 0.225 e. The van der Waals surface area contributed by atoms with Gasteiger partial charge in [0, 0.05) is 30.3 Å². The van der Waals surface area contributed by atoms with Crippen LogP contribution in [0.25, 0.3) is 0 Å². The van der Waals surface area contributed by atoms with Gasteiger partial charge in [0.25, 0.3) is 0 Å². The number of amides is 1. The van der Waals surface area contributed by atoms with E-state index >= 15 is 0 Å². The molecular weight excluding hydrogens is 248 g/mol. The quantitative estimate of drug-likeness (QED) is 0.892. The number of carbonyl (C=O) groups excluding carboxylic acids is 1. The Kier molecular flexibility index (Phi) is 3.42. The van der Waals surface area contributed by atoms with Crippen molar-refractivity contribution in [3.8, 4) is 0 Å². The molecule has 0 aliphatic carbocycles. The van der Waals surface area contributed by atoms with Crippen molar-refractivity contribution in [3.05, 3.63) is 59.7 Å². The SMILES string of the molecule is Cc1ccccc1NC(=O)CC1CNc2ccccc21. The Labute approximate surface area is 119 Å². The Bertz CT molecular complexity index is 636. The van der Waals surface area contributed by atoms with Crippen LogP contribution in [0.2, 0.25) is 0 Å². The molecule has 2 N–H and O–H groups in total. The molecule has 0 saturated carbocycles. The van der Waals surface area contributed by atoms with Gasteiger partial charge in [-0.3, -0.25) is 4.79 Å². The Morgan fingerprint density at radius 3 is 2.80 bits per heavy atom. The molecule has 1 atom stereocenters. The van der Waals surface area contributed by atoms with Crippen LogP contribution in [0.15, 0.2) is 48.5 Å². The molecule has 102 valence electrons. The fourth-order valence-electron chi connectivity index (χ4n) is 2.68. The lowest BCUT2D eigenvalue weighted by Gasteiger charge is -2.12. The third-order valence-electron chi connectivity index (χ3n) is 3.79. The summed E-state index contributed by atoms with van der Waals surface area (Å²) in [5.74, 6) is 0.332. The van der Waals surface area contributed by atoms with E-state index in [1.807, 2.05) is 43.3 Å². The molecule has 0 spiro atoms. The number of aryl methyl sites for hydroxylation is 1. The van der Waals surface area contributed by atoms with Gasteiger partial charge in [-0.15, -0.1) is 0 Å². The molecule has 0 radical (unpaired) electrons. The van der Waals surface area contributed by atoms with Crippen LogP contribution in [0.3, 0.4) is 0 Å². The van der Waals surface area contributed by atoms with Gasteiger partial charge in [-0.2, -0.15) is 0 Å². The van der Waals surface area contributed by atoms with Gasteiger partial charge in [-0.1, -0.05) is 36.4 Å². The lowest BCUT2D eigenvalue weighted by molar-refractivity contribution is -0.116. The van der Waals surface area contributed by atoms with Gasteiger partial charge in [0.05, 0.1) is 0 Å². The van der Waals surface area contributed by atoms with Crippen LogP contribution in [-0.4, -0.2) is 12.5 Å². The van der Waals surface area contributed by atoms with Crippen molar-refractivity contribution in [1.29, 1.82) is 0 Å². The van der Waals surface area contributed by atoms with Gasteiger partial charge >= 0.3 is 0 Å². The van der Waals surface area contributed by atoms with Gasteiger partial charge < -0.3 is 10.6 Å². The van der Waals surface area contributed by atoms with Crippen LogP contribution in [-0.2, 0) is 4.79 Å². The standard InChI is InChI=1S/C17H18N2O/c1-12-6-2-4-8-15(12)19-17(20)10-13-11-18-16-9-5-3-7-14(13)16/h2-9,13,18H,10-11H2,1H3,(H,19,20). The summed E-state index contributed by atoms with van der Waals surface area (Å²) in [5, 5.41) is 6.35. The van der Waals surface area contributed by atoms with E-state index in [2.05, 4.69) is 22.8 Å². The molecule has 0 bridgehead atoms. The highest BCUT2D eigenvalue weighted by molar-refractivity contribution is 5.92. The fraction of sp³-hybridized carbons (Fsp3) is 0.235. The summed E-state index contributed by atoms with van der Waals surface area (Å²) in [4.78, 5) is 12.2. The number of para-hydroxylation sites is 2. The Hall–Kier alpha value is -2.29. The molecule has 3 heteroatoms. The second-order valence-corrected chi connectivity index (χ2v) is 5.23. The van der Waals surface area contributed by atoms with E-state index in [1.165, 1.54) is 5.56 Å². The largest absolute Gasteiger partial charge is 0.384 e. The Balaban J connectivity index is 1.68. The van der Waals surface area contributed by atoms with Crippen molar-refractivity contribution in [2.45, 2.75) is 19.3 Å². The minimum absolute atomic E-state index is 0.0720. The lowest BCUT2D eigenvalue weighted by atomic mass is 9.97. The number of hydrogen-bond donors (Lipinski definition) is 2. The average Bonchev–Trinajstić information content (AvgIpc) is 2.85. The van der Waals surface area contributed by atoms with Crippen LogP contribution < -0.4 is 10.6 Å². The predicted molar refractivity (Wildman–Crippen MR) is 82.1 cm³/mol. The van der Waals surface area contributed by atoms with Gasteiger partial charge in [0.2, 0.25) is 5.91 Å². The highest BCUT2D eigenvalue weighted by atomic mass is 16.1. The maximum absolute atomic E-state index is 12.2. The van der Waals surface area contributed by atoms with Gasteiger partial charge in [-0.05, 0) is 30.2 Å². The van der Waals surface area contributed by atoms with E-state index in [0.29, 0.717) is 6.42 Å². The molecule has 20 heavy (non-hydrogen) atoms. The van der Waals surface area contributed by atoms with E-state index in [1.54, 1.807) is 0 Å². The smallest absolute Gasteiger partial charge is 0.225 e. The second-order valence-electron chi connectivity index (χ2n) is 5.23. The first-order valence-corrected chi connectivity index (χ1v) is 6.92. The molecule has 0 fully saturated rings. The number of benzene rings is 2. The van der Waals surface area contributed by atoms with Crippen molar-refractivity contribution in [3.63, 3.8) is 0 Å². The van der Waals surface area contributed by atoms with Gasteiger partial charge in [0.1, 0.15) is 0 Å². The van der Waals surface area contributed by atoms with E-state index in [-0.39, 0.29) is 11.8 Å². The Morgan fingerprint density at radius 1 is 1.20 bits per heavy atom.